The summed E-state index contributed by atoms with van der Waals surface area (Å²) < 4.78 is 21.8. The Morgan fingerprint density at radius 2 is 2.08 bits per heavy atom. The normalized spacial score (nSPS) is 17.2. The van der Waals surface area contributed by atoms with Gasteiger partial charge in [0.1, 0.15) is 23.9 Å². The zero-order valence-corrected chi connectivity index (χ0v) is 24.9. The van der Waals surface area contributed by atoms with E-state index in [1.54, 1.807) is 18.5 Å². The van der Waals surface area contributed by atoms with E-state index in [2.05, 4.69) is 43.3 Å². The molecule has 2 aromatic rings. The van der Waals surface area contributed by atoms with Crippen LogP contribution in [0.5, 0.6) is 5.75 Å². The zero-order chi connectivity index (χ0) is 27.8. The molecule has 4 rings (SSSR count). The predicted octanol–water partition coefficient (Wildman–Crippen LogP) is 6.08. The average molecular weight is 633 g/mol. The predicted molar refractivity (Wildman–Crippen MR) is 161 cm³/mol. The van der Waals surface area contributed by atoms with Crippen LogP contribution < -0.4 is 16.0 Å². The number of fused-ring (bicyclic) bond motifs is 1. The summed E-state index contributed by atoms with van der Waals surface area (Å²) in [6.07, 6.45) is 10.9. The standard InChI is InChI=1S/C28H31FIN3O2.C2H7N/c1-18(2)24(25-16-32-10-5-6-22(32)12-19(25)3)8-7-20(4)33-11-9-23(14-28(33)34)35-17-27-26(29)13-21(30)15-31-27;1-2-3/h7-9,11,13-15,22H,4-6,10,12,16-17H2,1-3H3;2-3H2,1H3/b8-7-;. The van der Waals surface area contributed by atoms with E-state index in [1.165, 1.54) is 58.4 Å². The number of pyridine rings is 2. The molecule has 4 heterocycles. The number of nitrogens with zero attached hydrogens (tertiary/aromatic N) is 3. The topological polar surface area (TPSA) is 73.4 Å². The maximum atomic E-state index is 14.0. The van der Waals surface area contributed by atoms with E-state index in [9.17, 15) is 9.18 Å². The SMILES string of the molecule is C=C(/C=C\C(=C(C)C)C1=C(C)CC2CCCN2C1)n1ccc(OCc2ncc(I)cc2F)cc1=O.CCN. The molecule has 0 amide bonds. The highest BCUT2D eigenvalue weighted by Gasteiger charge is 2.30. The lowest BCUT2D eigenvalue weighted by Crippen LogP contribution is -2.35. The van der Waals surface area contributed by atoms with Crippen LogP contribution in [0.4, 0.5) is 4.39 Å². The van der Waals surface area contributed by atoms with Gasteiger partial charge in [0.05, 0.1) is 0 Å². The van der Waals surface area contributed by atoms with Crippen LogP contribution in [-0.2, 0) is 6.61 Å². The van der Waals surface area contributed by atoms with Gasteiger partial charge < -0.3 is 10.5 Å². The van der Waals surface area contributed by atoms with Gasteiger partial charge in [-0.15, -0.1) is 0 Å². The largest absolute Gasteiger partial charge is 0.487 e. The second-order valence-electron chi connectivity index (χ2n) is 9.82. The van der Waals surface area contributed by atoms with Crippen molar-refractivity contribution in [2.45, 2.75) is 59.6 Å². The Morgan fingerprint density at radius 1 is 1.34 bits per heavy atom. The second-order valence-corrected chi connectivity index (χ2v) is 11.1. The molecule has 38 heavy (non-hydrogen) atoms. The number of ether oxygens (including phenoxy) is 1. The van der Waals surface area contributed by atoms with Crippen molar-refractivity contribution in [3.63, 3.8) is 0 Å². The molecule has 2 aliphatic rings. The van der Waals surface area contributed by atoms with Gasteiger partial charge in [0.25, 0.3) is 5.56 Å². The van der Waals surface area contributed by atoms with Crippen molar-refractivity contribution in [2.24, 2.45) is 5.73 Å². The van der Waals surface area contributed by atoms with Crippen LogP contribution in [0.3, 0.4) is 0 Å². The monoisotopic (exact) mass is 632 g/mol. The highest BCUT2D eigenvalue weighted by molar-refractivity contribution is 14.1. The molecule has 0 radical (unpaired) electrons. The Morgan fingerprint density at radius 3 is 2.74 bits per heavy atom. The number of halogens is 2. The Bertz CT molecular complexity index is 1310. The summed E-state index contributed by atoms with van der Waals surface area (Å²) >= 11 is 2.00. The van der Waals surface area contributed by atoms with Gasteiger partial charge in [0.15, 0.2) is 0 Å². The van der Waals surface area contributed by atoms with Crippen LogP contribution in [-0.4, -0.2) is 40.1 Å². The van der Waals surface area contributed by atoms with Gasteiger partial charge in [-0.25, -0.2) is 4.39 Å². The minimum Gasteiger partial charge on any atom is -0.487 e. The molecular weight excluding hydrogens is 594 g/mol. The quantitative estimate of drug-likeness (QED) is 0.296. The maximum Gasteiger partial charge on any atom is 0.258 e. The number of hydrogen-bond donors (Lipinski definition) is 1. The van der Waals surface area contributed by atoms with Crippen molar-refractivity contribution in [1.82, 2.24) is 14.5 Å². The zero-order valence-electron chi connectivity index (χ0n) is 22.8. The first kappa shape index (κ1) is 30.0. The van der Waals surface area contributed by atoms with Gasteiger partial charge >= 0.3 is 0 Å². The minimum atomic E-state index is -0.428. The lowest BCUT2D eigenvalue weighted by molar-refractivity contribution is 0.259. The second kappa shape index (κ2) is 14.0. The fourth-order valence-electron chi connectivity index (χ4n) is 4.78. The van der Waals surface area contributed by atoms with Crippen molar-refractivity contribution < 1.29 is 9.13 Å². The van der Waals surface area contributed by atoms with Crippen LogP contribution in [0.25, 0.3) is 5.70 Å². The van der Waals surface area contributed by atoms with Gasteiger partial charge in [-0.05, 0) is 105 Å². The molecule has 8 heteroatoms. The Kier molecular flexibility index (Phi) is 11.1. The summed E-state index contributed by atoms with van der Waals surface area (Å²) in [5.41, 5.74) is 10.7. The Labute approximate surface area is 238 Å². The number of nitrogens with two attached hydrogens (primary N) is 1. The van der Waals surface area contributed by atoms with Crippen molar-refractivity contribution in [2.75, 3.05) is 19.6 Å². The molecule has 0 bridgehead atoms. The Balaban J connectivity index is 0.00000127. The van der Waals surface area contributed by atoms with Crippen LogP contribution in [0.15, 0.2) is 76.4 Å². The van der Waals surface area contributed by atoms with Crippen LogP contribution in [0.2, 0.25) is 0 Å². The molecule has 1 fully saturated rings. The molecule has 1 unspecified atom stereocenters. The van der Waals surface area contributed by atoms with Gasteiger partial charge in [-0.1, -0.05) is 30.7 Å². The number of allylic oxidation sites excluding steroid dienone is 4. The third-order valence-corrected chi connectivity index (χ3v) is 7.27. The highest BCUT2D eigenvalue weighted by atomic mass is 127. The van der Waals surface area contributed by atoms with Crippen LogP contribution >= 0.6 is 22.6 Å². The first-order valence-electron chi connectivity index (χ1n) is 13.0. The van der Waals surface area contributed by atoms with Crippen molar-refractivity contribution in [3.8, 4) is 5.75 Å². The molecule has 2 aliphatic heterocycles. The lowest BCUT2D eigenvalue weighted by atomic mass is 9.89. The van der Waals surface area contributed by atoms with Gasteiger partial charge in [-0.2, -0.15) is 0 Å². The van der Waals surface area contributed by atoms with Crippen LogP contribution in [0.1, 0.15) is 52.7 Å². The molecule has 1 atom stereocenters. The van der Waals surface area contributed by atoms with E-state index in [-0.39, 0.29) is 17.9 Å². The molecule has 0 aliphatic carbocycles. The maximum absolute atomic E-state index is 14.0. The molecule has 2 aromatic heterocycles. The molecule has 0 spiro atoms. The molecule has 0 saturated carbocycles. The highest BCUT2D eigenvalue weighted by Crippen LogP contribution is 2.34. The number of hydrogen-bond acceptors (Lipinski definition) is 5. The fraction of sp³-hybridized carbons (Fsp3) is 0.400. The summed E-state index contributed by atoms with van der Waals surface area (Å²) in [6.45, 7) is 15.4. The van der Waals surface area contributed by atoms with E-state index in [0.717, 1.165) is 19.5 Å². The van der Waals surface area contributed by atoms with E-state index in [1.807, 2.05) is 35.6 Å². The third kappa shape index (κ3) is 7.74. The number of rotatable bonds is 7. The number of aromatic nitrogens is 2. The molecular formula is C30H38FIN4O2. The van der Waals surface area contributed by atoms with E-state index in [0.29, 0.717) is 21.1 Å². The lowest BCUT2D eigenvalue weighted by Gasteiger charge is -2.33. The van der Waals surface area contributed by atoms with Crippen molar-refractivity contribution >= 4 is 28.3 Å². The molecule has 0 aromatic carbocycles. The molecule has 2 N–H and O–H groups in total. The van der Waals surface area contributed by atoms with Gasteiger partial charge in [0.2, 0.25) is 0 Å². The Hall–Kier alpha value is -2.56. The summed E-state index contributed by atoms with van der Waals surface area (Å²) in [4.78, 5) is 19.4. The van der Waals surface area contributed by atoms with E-state index in [4.69, 9.17) is 10.5 Å². The third-order valence-electron chi connectivity index (χ3n) is 6.68. The van der Waals surface area contributed by atoms with Gasteiger partial charge in [0, 0.05) is 40.3 Å². The minimum absolute atomic E-state index is 0.0523. The van der Waals surface area contributed by atoms with E-state index < -0.39 is 5.82 Å². The van der Waals surface area contributed by atoms with Crippen LogP contribution in [0, 0.1) is 9.39 Å². The fourth-order valence-corrected chi connectivity index (χ4v) is 5.19. The molecule has 1 saturated heterocycles. The first-order chi connectivity index (χ1) is 18.1. The average Bonchev–Trinajstić information content (AvgIpc) is 3.31. The summed E-state index contributed by atoms with van der Waals surface area (Å²) in [7, 11) is 0. The molecule has 6 nitrogen and oxygen atoms in total. The summed E-state index contributed by atoms with van der Waals surface area (Å²) in [5.74, 6) is -0.0710. The van der Waals surface area contributed by atoms with Crippen molar-refractivity contribution in [1.29, 1.82) is 0 Å². The van der Waals surface area contributed by atoms with Crippen molar-refractivity contribution in [3.05, 3.63) is 97.1 Å². The smallest absolute Gasteiger partial charge is 0.258 e. The molecule has 204 valence electrons. The summed E-state index contributed by atoms with van der Waals surface area (Å²) in [6, 6.07) is 5.14. The summed E-state index contributed by atoms with van der Waals surface area (Å²) in [5, 5.41) is 0. The first-order valence-corrected chi connectivity index (χ1v) is 14.1. The van der Waals surface area contributed by atoms with E-state index >= 15 is 0 Å². The van der Waals surface area contributed by atoms with Gasteiger partial charge in [-0.3, -0.25) is 19.2 Å².